The molecule has 3 N–H and O–H groups in total. The summed E-state index contributed by atoms with van der Waals surface area (Å²) in [6, 6.07) is 7.23. The Morgan fingerprint density at radius 1 is 1.37 bits per heavy atom. The molecule has 1 aromatic rings. The molecule has 96 valence electrons. The van der Waals surface area contributed by atoms with E-state index in [4.69, 9.17) is 5.26 Å². The van der Waals surface area contributed by atoms with Gasteiger partial charge < -0.3 is 15.7 Å². The van der Waals surface area contributed by atoms with E-state index in [0.717, 1.165) is 0 Å². The Bertz CT molecular complexity index is 611. The number of carbonyl (C=O) groups is 2. The predicted molar refractivity (Wildman–Crippen MR) is 65.9 cm³/mol. The number of nitriles is 1. The van der Waals surface area contributed by atoms with Crippen LogP contribution in [0, 0.1) is 11.3 Å². The van der Waals surface area contributed by atoms with Crippen LogP contribution < -0.4 is 10.6 Å². The summed E-state index contributed by atoms with van der Waals surface area (Å²) in [5.74, 6) is -1.10. The van der Waals surface area contributed by atoms with Crippen LogP contribution in [0.4, 0.5) is 4.79 Å². The van der Waals surface area contributed by atoms with Gasteiger partial charge in [-0.25, -0.2) is 9.59 Å². The van der Waals surface area contributed by atoms with Gasteiger partial charge in [-0.2, -0.15) is 5.26 Å². The molecular formula is C13H11N3O3. The van der Waals surface area contributed by atoms with Gasteiger partial charge >= 0.3 is 12.0 Å². The molecule has 0 aromatic heterocycles. The van der Waals surface area contributed by atoms with Crippen molar-refractivity contribution in [1.82, 2.24) is 10.6 Å². The van der Waals surface area contributed by atoms with Crippen molar-refractivity contribution < 1.29 is 14.7 Å². The highest BCUT2D eigenvalue weighted by atomic mass is 16.4. The van der Waals surface area contributed by atoms with Crippen molar-refractivity contribution in [2.75, 3.05) is 0 Å². The van der Waals surface area contributed by atoms with Crippen molar-refractivity contribution in [2.24, 2.45) is 0 Å². The van der Waals surface area contributed by atoms with E-state index in [1.807, 2.05) is 6.07 Å². The van der Waals surface area contributed by atoms with Gasteiger partial charge in [-0.3, -0.25) is 0 Å². The van der Waals surface area contributed by atoms with Crippen LogP contribution in [0.1, 0.15) is 24.1 Å². The molecule has 6 nitrogen and oxygen atoms in total. The molecule has 2 amide bonds. The van der Waals surface area contributed by atoms with Gasteiger partial charge in [0.2, 0.25) is 0 Å². The summed E-state index contributed by atoms with van der Waals surface area (Å²) in [6.07, 6.45) is 0. The Morgan fingerprint density at radius 2 is 2.00 bits per heavy atom. The normalized spacial score (nSPS) is 18.3. The molecule has 0 fully saturated rings. The van der Waals surface area contributed by atoms with E-state index in [-0.39, 0.29) is 5.57 Å². The second kappa shape index (κ2) is 4.82. The summed E-state index contributed by atoms with van der Waals surface area (Å²) >= 11 is 0. The molecular weight excluding hydrogens is 246 g/mol. The smallest absolute Gasteiger partial charge is 0.335 e. The van der Waals surface area contributed by atoms with Crippen LogP contribution in [-0.2, 0) is 4.79 Å². The number of allylic oxidation sites excluding steroid dienone is 1. The summed E-state index contributed by atoms with van der Waals surface area (Å²) in [5.41, 5.74) is 1.49. The van der Waals surface area contributed by atoms with Crippen LogP contribution in [0.5, 0.6) is 0 Å². The number of hydrogen-bond donors (Lipinski definition) is 3. The van der Waals surface area contributed by atoms with Gasteiger partial charge in [0, 0.05) is 5.70 Å². The van der Waals surface area contributed by atoms with E-state index < -0.39 is 18.0 Å². The fourth-order valence-corrected chi connectivity index (χ4v) is 1.98. The van der Waals surface area contributed by atoms with Crippen LogP contribution in [0.3, 0.4) is 0 Å². The Labute approximate surface area is 109 Å². The highest BCUT2D eigenvalue weighted by molar-refractivity contribution is 5.93. The number of nitrogens with one attached hydrogen (secondary N) is 2. The topological polar surface area (TPSA) is 102 Å². The molecule has 0 radical (unpaired) electrons. The van der Waals surface area contributed by atoms with E-state index in [2.05, 4.69) is 10.6 Å². The average Bonchev–Trinajstić information content (AvgIpc) is 2.37. The molecule has 1 aromatic carbocycles. The predicted octanol–water partition coefficient (Wildman–Crippen LogP) is 1.27. The second-order valence-electron chi connectivity index (χ2n) is 4.11. The number of benzene rings is 1. The zero-order valence-corrected chi connectivity index (χ0v) is 10.1. The van der Waals surface area contributed by atoms with E-state index in [0.29, 0.717) is 16.8 Å². The average molecular weight is 257 g/mol. The fraction of sp³-hybridized carbons (Fsp3) is 0.154. The van der Waals surface area contributed by atoms with Gasteiger partial charge in [0.05, 0.1) is 23.2 Å². The van der Waals surface area contributed by atoms with Crippen LogP contribution in [0.2, 0.25) is 0 Å². The molecule has 1 heterocycles. The van der Waals surface area contributed by atoms with Gasteiger partial charge in [0.25, 0.3) is 0 Å². The van der Waals surface area contributed by atoms with Gasteiger partial charge in [0.1, 0.15) is 0 Å². The molecule has 1 aliphatic rings. The highest BCUT2D eigenvalue weighted by Gasteiger charge is 2.30. The molecule has 0 spiro atoms. The quantitative estimate of drug-likeness (QED) is 0.742. The lowest BCUT2D eigenvalue weighted by molar-refractivity contribution is -0.133. The molecule has 0 aliphatic carbocycles. The van der Waals surface area contributed by atoms with Crippen LogP contribution in [-0.4, -0.2) is 17.1 Å². The largest absolute Gasteiger partial charge is 0.478 e. The van der Waals surface area contributed by atoms with E-state index in [1.165, 1.54) is 0 Å². The van der Waals surface area contributed by atoms with Crippen molar-refractivity contribution in [3.05, 3.63) is 46.7 Å². The number of nitrogens with zero attached hydrogens (tertiary/aromatic N) is 1. The number of aliphatic carboxylic acids is 1. The first-order valence-electron chi connectivity index (χ1n) is 5.54. The first-order valence-corrected chi connectivity index (χ1v) is 5.54. The maximum atomic E-state index is 11.4. The first-order chi connectivity index (χ1) is 9.02. The lowest BCUT2D eigenvalue weighted by Gasteiger charge is -2.27. The molecule has 0 saturated heterocycles. The van der Waals surface area contributed by atoms with Crippen LogP contribution in [0.15, 0.2) is 35.5 Å². The van der Waals surface area contributed by atoms with Crippen molar-refractivity contribution in [3.8, 4) is 6.07 Å². The SMILES string of the molecule is CC1=C(C(=O)O)[C@@H](c2ccc(C#N)cc2)NC(=O)N1. The lowest BCUT2D eigenvalue weighted by atomic mass is 9.95. The molecule has 19 heavy (non-hydrogen) atoms. The number of rotatable bonds is 2. The highest BCUT2D eigenvalue weighted by Crippen LogP contribution is 2.26. The minimum Gasteiger partial charge on any atom is -0.478 e. The summed E-state index contributed by atoms with van der Waals surface area (Å²) in [7, 11) is 0. The summed E-state index contributed by atoms with van der Waals surface area (Å²) < 4.78 is 0. The van der Waals surface area contributed by atoms with Gasteiger partial charge in [-0.15, -0.1) is 0 Å². The number of urea groups is 1. The summed E-state index contributed by atoms with van der Waals surface area (Å²) in [5, 5.41) is 22.9. The van der Waals surface area contributed by atoms with Crippen molar-refractivity contribution in [2.45, 2.75) is 13.0 Å². The zero-order chi connectivity index (χ0) is 14.0. The van der Waals surface area contributed by atoms with E-state index in [1.54, 1.807) is 31.2 Å². The Hall–Kier alpha value is -2.81. The number of carboxylic acid groups (broad SMARTS) is 1. The lowest BCUT2D eigenvalue weighted by Crippen LogP contribution is -2.45. The van der Waals surface area contributed by atoms with Gasteiger partial charge in [-0.05, 0) is 24.6 Å². The third-order valence-corrected chi connectivity index (χ3v) is 2.87. The van der Waals surface area contributed by atoms with Crippen molar-refractivity contribution >= 4 is 12.0 Å². The summed E-state index contributed by atoms with van der Waals surface area (Å²) in [4.78, 5) is 22.7. The second-order valence-corrected chi connectivity index (χ2v) is 4.11. The van der Waals surface area contributed by atoms with E-state index >= 15 is 0 Å². The van der Waals surface area contributed by atoms with E-state index in [9.17, 15) is 14.7 Å². The molecule has 0 saturated carbocycles. The summed E-state index contributed by atoms with van der Waals surface area (Å²) in [6.45, 7) is 1.54. The molecule has 0 unspecified atom stereocenters. The third-order valence-electron chi connectivity index (χ3n) is 2.87. The minimum atomic E-state index is -1.10. The van der Waals surface area contributed by atoms with Gasteiger partial charge in [0.15, 0.2) is 0 Å². The molecule has 0 bridgehead atoms. The Kier molecular flexibility index (Phi) is 3.21. The Morgan fingerprint density at radius 3 is 2.53 bits per heavy atom. The Balaban J connectivity index is 2.46. The van der Waals surface area contributed by atoms with Crippen molar-refractivity contribution in [3.63, 3.8) is 0 Å². The number of hydrogen-bond acceptors (Lipinski definition) is 3. The third kappa shape index (κ3) is 2.40. The van der Waals surface area contributed by atoms with Crippen LogP contribution >= 0.6 is 0 Å². The monoisotopic (exact) mass is 257 g/mol. The van der Waals surface area contributed by atoms with Crippen LogP contribution in [0.25, 0.3) is 0 Å². The maximum absolute atomic E-state index is 11.4. The molecule has 1 aliphatic heterocycles. The standard InChI is InChI=1S/C13H11N3O3/c1-7-10(12(17)18)11(16-13(19)15-7)9-4-2-8(6-14)3-5-9/h2-5,11H,1H3,(H,17,18)(H2,15,16,19)/t11-/m1/s1. The minimum absolute atomic E-state index is 0.0873. The number of amides is 2. The molecule has 2 rings (SSSR count). The number of carbonyl (C=O) groups excluding carboxylic acids is 1. The van der Waals surface area contributed by atoms with Crippen molar-refractivity contribution in [1.29, 1.82) is 5.26 Å². The van der Waals surface area contributed by atoms with Gasteiger partial charge in [-0.1, -0.05) is 12.1 Å². The molecule has 1 atom stereocenters. The fourth-order valence-electron chi connectivity index (χ4n) is 1.98. The maximum Gasteiger partial charge on any atom is 0.335 e. The number of carboxylic acids is 1. The molecule has 6 heteroatoms. The zero-order valence-electron chi connectivity index (χ0n) is 10.1. The first kappa shape index (κ1) is 12.6.